The smallest absolute Gasteiger partial charge is 0.230 e. The highest BCUT2D eigenvalue weighted by Gasteiger charge is 2.08. The molecule has 19 heavy (non-hydrogen) atoms. The van der Waals surface area contributed by atoms with E-state index in [1.807, 2.05) is 44.2 Å². The molecule has 0 saturated carbocycles. The number of amides is 1. The fraction of sp³-hybridized carbons (Fsp3) is 0.200. The second kappa shape index (κ2) is 5.97. The van der Waals surface area contributed by atoms with Crippen molar-refractivity contribution in [3.05, 3.63) is 57.8 Å². The molecule has 1 heterocycles. The van der Waals surface area contributed by atoms with Crippen LogP contribution in [0.4, 0.5) is 5.69 Å². The predicted octanol–water partition coefficient (Wildman–Crippen LogP) is 3.64. The minimum atomic E-state index is -0.0489. The molecule has 0 atom stereocenters. The summed E-state index contributed by atoms with van der Waals surface area (Å²) < 4.78 is 1.00. The number of rotatable bonds is 3. The third-order valence-electron chi connectivity index (χ3n) is 2.91. The lowest BCUT2D eigenvalue weighted by Gasteiger charge is -2.09. The van der Waals surface area contributed by atoms with E-state index in [2.05, 4.69) is 26.2 Å². The lowest BCUT2D eigenvalue weighted by Crippen LogP contribution is -2.16. The molecule has 98 valence electrons. The van der Waals surface area contributed by atoms with E-state index in [9.17, 15) is 4.79 Å². The molecule has 1 aromatic carbocycles. The maximum atomic E-state index is 12.0. The van der Waals surface area contributed by atoms with Gasteiger partial charge in [-0.1, -0.05) is 22.0 Å². The SMILES string of the molecule is Cc1cc(Br)ccc1NC(=O)Cc1ncccc1C. The Labute approximate surface area is 121 Å². The molecule has 1 N–H and O–H groups in total. The van der Waals surface area contributed by atoms with Crippen molar-refractivity contribution in [2.45, 2.75) is 20.3 Å². The minimum Gasteiger partial charge on any atom is -0.326 e. The average molecular weight is 319 g/mol. The predicted molar refractivity (Wildman–Crippen MR) is 80.2 cm³/mol. The van der Waals surface area contributed by atoms with Gasteiger partial charge in [-0.05, 0) is 49.2 Å². The van der Waals surface area contributed by atoms with E-state index in [4.69, 9.17) is 0 Å². The molecule has 2 aromatic rings. The Kier molecular flexibility index (Phi) is 4.32. The summed E-state index contributed by atoms with van der Waals surface area (Å²) in [7, 11) is 0. The fourth-order valence-electron chi connectivity index (χ4n) is 1.82. The maximum Gasteiger partial charge on any atom is 0.230 e. The van der Waals surface area contributed by atoms with Crippen molar-refractivity contribution in [3.8, 4) is 0 Å². The monoisotopic (exact) mass is 318 g/mol. The Hall–Kier alpha value is -1.68. The van der Waals surface area contributed by atoms with Gasteiger partial charge in [-0.25, -0.2) is 0 Å². The van der Waals surface area contributed by atoms with Crippen LogP contribution >= 0.6 is 15.9 Å². The summed E-state index contributed by atoms with van der Waals surface area (Å²) in [6, 6.07) is 9.61. The Morgan fingerprint density at radius 2 is 2.05 bits per heavy atom. The van der Waals surface area contributed by atoms with E-state index >= 15 is 0 Å². The molecule has 3 nitrogen and oxygen atoms in total. The van der Waals surface area contributed by atoms with Gasteiger partial charge in [0.05, 0.1) is 12.1 Å². The molecule has 0 saturated heterocycles. The van der Waals surface area contributed by atoms with Gasteiger partial charge in [0.15, 0.2) is 0 Å². The lowest BCUT2D eigenvalue weighted by atomic mass is 10.1. The summed E-state index contributed by atoms with van der Waals surface area (Å²) in [5.74, 6) is -0.0489. The number of halogens is 1. The highest BCUT2D eigenvalue weighted by molar-refractivity contribution is 9.10. The number of carbonyl (C=O) groups excluding carboxylic acids is 1. The van der Waals surface area contributed by atoms with E-state index in [0.29, 0.717) is 6.42 Å². The summed E-state index contributed by atoms with van der Waals surface area (Å²) in [4.78, 5) is 16.2. The van der Waals surface area contributed by atoms with Gasteiger partial charge in [-0.15, -0.1) is 0 Å². The van der Waals surface area contributed by atoms with Crippen LogP contribution in [0.3, 0.4) is 0 Å². The molecule has 0 fully saturated rings. The molecular formula is C15H15BrN2O. The van der Waals surface area contributed by atoms with Crippen molar-refractivity contribution in [1.82, 2.24) is 4.98 Å². The first-order valence-electron chi connectivity index (χ1n) is 6.03. The molecule has 0 bridgehead atoms. The van der Waals surface area contributed by atoms with Gasteiger partial charge in [0, 0.05) is 16.4 Å². The number of nitrogens with one attached hydrogen (secondary N) is 1. The Balaban J connectivity index is 2.08. The number of pyridine rings is 1. The number of aromatic nitrogens is 1. The van der Waals surface area contributed by atoms with Crippen LogP contribution in [0.5, 0.6) is 0 Å². The largest absolute Gasteiger partial charge is 0.326 e. The van der Waals surface area contributed by atoms with E-state index < -0.39 is 0 Å². The Morgan fingerprint density at radius 1 is 1.26 bits per heavy atom. The molecule has 0 spiro atoms. The molecule has 1 aromatic heterocycles. The van der Waals surface area contributed by atoms with Crippen LogP contribution in [0.15, 0.2) is 41.0 Å². The van der Waals surface area contributed by atoms with Gasteiger partial charge in [-0.3, -0.25) is 9.78 Å². The van der Waals surface area contributed by atoms with E-state index in [1.165, 1.54) is 0 Å². The topological polar surface area (TPSA) is 42.0 Å². The fourth-order valence-corrected chi connectivity index (χ4v) is 2.29. The summed E-state index contributed by atoms with van der Waals surface area (Å²) in [6.07, 6.45) is 2.00. The van der Waals surface area contributed by atoms with Crippen molar-refractivity contribution >= 4 is 27.5 Å². The zero-order valence-corrected chi connectivity index (χ0v) is 12.5. The lowest BCUT2D eigenvalue weighted by molar-refractivity contribution is -0.115. The number of anilines is 1. The second-order valence-corrected chi connectivity index (χ2v) is 5.37. The molecule has 4 heteroatoms. The van der Waals surface area contributed by atoms with Gasteiger partial charge in [0.2, 0.25) is 5.91 Å². The Bertz CT molecular complexity index is 611. The van der Waals surface area contributed by atoms with Crippen LogP contribution < -0.4 is 5.32 Å². The highest BCUT2D eigenvalue weighted by Crippen LogP contribution is 2.20. The third kappa shape index (κ3) is 3.64. The maximum absolute atomic E-state index is 12.0. The van der Waals surface area contributed by atoms with Crippen LogP contribution in [-0.2, 0) is 11.2 Å². The molecule has 0 unspecified atom stereocenters. The number of nitrogens with zero attached hydrogens (tertiary/aromatic N) is 1. The summed E-state index contributed by atoms with van der Waals surface area (Å²) in [5, 5.41) is 2.91. The summed E-state index contributed by atoms with van der Waals surface area (Å²) >= 11 is 3.40. The summed E-state index contributed by atoms with van der Waals surface area (Å²) in [5.41, 5.74) is 3.71. The summed E-state index contributed by atoms with van der Waals surface area (Å²) in [6.45, 7) is 3.92. The van der Waals surface area contributed by atoms with Crippen molar-refractivity contribution in [3.63, 3.8) is 0 Å². The van der Waals surface area contributed by atoms with E-state index in [0.717, 1.165) is 27.0 Å². The average Bonchev–Trinajstić information content (AvgIpc) is 2.36. The van der Waals surface area contributed by atoms with Gasteiger partial charge < -0.3 is 5.32 Å². The highest BCUT2D eigenvalue weighted by atomic mass is 79.9. The zero-order chi connectivity index (χ0) is 13.8. The first-order valence-corrected chi connectivity index (χ1v) is 6.82. The standard InChI is InChI=1S/C15H15BrN2O/c1-10-4-3-7-17-14(10)9-15(19)18-13-6-5-12(16)8-11(13)2/h3-8H,9H2,1-2H3,(H,18,19). The number of carbonyl (C=O) groups is 1. The Morgan fingerprint density at radius 3 is 2.74 bits per heavy atom. The van der Waals surface area contributed by atoms with Gasteiger partial charge in [0.1, 0.15) is 0 Å². The van der Waals surface area contributed by atoms with E-state index in [1.54, 1.807) is 6.20 Å². The van der Waals surface area contributed by atoms with Crippen LogP contribution in [-0.4, -0.2) is 10.9 Å². The van der Waals surface area contributed by atoms with Crippen LogP contribution in [0, 0.1) is 13.8 Å². The molecular weight excluding hydrogens is 304 g/mol. The van der Waals surface area contributed by atoms with Crippen molar-refractivity contribution < 1.29 is 4.79 Å². The number of benzene rings is 1. The molecule has 0 aliphatic carbocycles. The molecule has 0 radical (unpaired) electrons. The number of hydrogen-bond donors (Lipinski definition) is 1. The third-order valence-corrected chi connectivity index (χ3v) is 3.40. The van der Waals surface area contributed by atoms with Gasteiger partial charge in [-0.2, -0.15) is 0 Å². The normalized spacial score (nSPS) is 10.3. The van der Waals surface area contributed by atoms with Gasteiger partial charge in [0.25, 0.3) is 0 Å². The second-order valence-electron chi connectivity index (χ2n) is 4.45. The quantitative estimate of drug-likeness (QED) is 0.938. The first kappa shape index (κ1) is 13.7. The molecule has 2 rings (SSSR count). The molecule has 1 amide bonds. The van der Waals surface area contributed by atoms with Gasteiger partial charge >= 0.3 is 0 Å². The minimum absolute atomic E-state index is 0.0489. The van der Waals surface area contributed by atoms with Crippen LogP contribution in [0.1, 0.15) is 16.8 Å². The van der Waals surface area contributed by atoms with E-state index in [-0.39, 0.29) is 5.91 Å². The van der Waals surface area contributed by atoms with Crippen molar-refractivity contribution in [1.29, 1.82) is 0 Å². The zero-order valence-electron chi connectivity index (χ0n) is 10.9. The van der Waals surface area contributed by atoms with Crippen molar-refractivity contribution in [2.24, 2.45) is 0 Å². The number of hydrogen-bond acceptors (Lipinski definition) is 2. The number of aryl methyl sites for hydroxylation is 2. The van der Waals surface area contributed by atoms with Crippen LogP contribution in [0.25, 0.3) is 0 Å². The van der Waals surface area contributed by atoms with Crippen molar-refractivity contribution in [2.75, 3.05) is 5.32 Å². The van der Waals surface area contributed by atoms with Crippen LogP contribution in [0.2, 0.25) is 0 Å². The molecule has 0 aliphatic heterocycles. The molecule has 0 aliphatic rings. The first-order chi connectivity index (χ1) is 9.06.